The first kappa shape index (κ1) is 25.0. The second kappa shape index (κ2) is 12.6. The molecule has 1 atom stereocenters. The molecule has 0 saturated carbocycles. The molecule has 0 radical (unpaired) electrons. The van der Waals surface area contributed by atoms with Crippen LogP contribution < -0.4 is 10.1 Å². The van der Waals surface area contributed by atoms with Crippen molar-refractivity contribution in [3.63, 3.8) is 0 Å². The van der Waals surface area contributed by atoms with Crippen molar-refractivity contribution in [3.05, 3.63) is 64.4 Å². The Morgan fingerprint density at radius 3 is 2.55 bits per heavy atom. The summed E-state index contributed by atoms with van der Waals surface area (Å²) in [6, 6.07) is 11.2. The van der Waals surface area contributed by atoms with Gasteiger partial charge in [0.2, 0.25) is 11.8 Å². The van der Waals surface area contributed by atoms with Crippen LogP contribution in [-0.4, -0.2) is 42.2 Å². The number of thioether (sulfide) groups is 1. The summed E-state index contributed by atoms with van der Waals surface area (Å²) >= 11 is 7.34. The van der Waals surface area contributed by atoms with Gasteiger partial charge in [0.05, 0.1) is 12.9 Å². The van der Waals surface area contributed by atoms with Gasteiger partial charge in [0.25, 0.3) is 0 Å². The molecule has 0 heterocycles. The highest BCUT2D eigenvalue weighted by Gasteiger charge is 2.26. The fourth-order valence-corrected chi connectivity index (χ4v) is 4.15. The van der Waals surface area contributed by atoms with E-state index >= 15 is 0 Å². The maximum atomic E-state index is 14.0. The molecule has 0 fully saturated rings. The second-order valence-electron chi connectivity index (χ2n) is 7.03. The molecular formula is C23H28ClFN2O3S. The number of hydrogen-bond acceptors (Lipinski definition) is 4. The average molecular weight is 467 g/mol. The number of carbonyl (C=O) groups is 2. The number of halogens is 2. The van der Waals surface area contributed by atoms with Crippen molar-refractivity contribution in [2.24, 2.45) is 0 Å². The van der Waals surface area contributed by atoms with Crippen LogP contribution in [0.5, 0.6) is 5.75 Å². The lowest BCUT2D eigenvalue weighted by Crippen LogP contribution is -2.48. The lowest BCUT2D eigenvalue weighted by molar-refractivity contribution is -0.138. The summed E-state index contributed by atoms with van der Waals surface area (Å²) < 4.78 is 19.2. The van der Waals surface area contributed by atoms with E-state index in [0.29, 0.717) is 22.9 Å². The predicted octanol–water partition coefficient (Wildman–Crippen LogP) is 4.66. The quantitative estimate of drug-likeness (QED) is 0.523. The Labute approximate surface area is 192 Å². The van der Waals surface area contributed by atoms with Crippen LogP contribution in [0.2, 0.25) is 5.02 Å². The second-order valence-corrected chi connectivity index (χ2v) is 8.42. The van der Waals surface area contributed by atoms with Crippen molar-refractivity contribution < 1.29 is 18.7 Å². The van der Waals surface area contributed by atoms with Gasteiger partial charge in [-0.15, -0.1) is 11.8 Å². The van der Waals surface area contributed by atoms with E-state index in [1.807, 2.05) is 31.2 Å². The molecule has 0 aliphatic rings. The number of hydrogen-bond donors (Lipinski definition) is 1. The third-order valence-electron chi connectivity index (χ3n) is 4.76. The Bertz CT molecular complexity index is 859. The van der Waals surface area contributed by atoms with Gasteiger partial charge in [-0.05, 0) is 43.2 Å². The van der Waals surface area contributed by atoms with Gasteiger partial charge in [0.15, 0.2) is 0 Å². The highest BCUT2D eigenvalue weighted by atomic mass is 35.5. The van der Waals surface area contributed by atoms with Gasteiger partial charge in [-0.3, -0.25) is 9.59 Å². The minimum atomic E-state index is -0.640. The standard InChI is InChI=1S/C23H28ClFN2O3S/c1-4-12-26-23(29)16(2)27(13-17-8-10-18(30-3)11-9-17)22(28)15-31-14-19-20(24)6-5-7-21(19)25/h5-11,16H,4,12-15H2,1-3H3,(H,26,29)/t16-/m0/s1. The number of amides is 2. The van der Waals surface area contributed by atoms with Gasteiger partial charge in [0.1, 0.15) is 17.6 Å². The maximum Gasteiger partial charge on any atom is 0.242 e. The molecule has 0 aliphatic heterocycles. The minimum absolute atomic E-state index is 0.103. The number of benzene rings is 2. The first-order valence-corrected chi connectivity index (χ1v) is 11.6. The molecule has 2 aromatic rings. The number of rotatable bonds is 11. The minimum Gasteiger partial charge on any atom is -0.497 e. The van der Waals surface area contributed by atoms with Crippen LogP contribution in [0.25, 0.3) is 0 Å². The zero-order chi connectivity index (χ0) is 22.8. The van der Waals surface area contributed by atoms with E-state index in [-0.39, 0.29) is 29.9 Å². The van der Waals surface area contributed by atoms with Gasteiger partial charge >= 0.3 is 0 Å². The Morgan fingerprint density at radius 2 is 1.94 bits per heavy atom. The molecule has 2 amide bonds. The topological polar surface area (TPSA) is 58.6 Å². The summed E-state index contributed by atoms with van der Waals surface area (Å²) in [6.07, 6.45) is 0.810. The third kappa shape index (κ3) is 7.43. The van der Waals surface area contributed by atoms with Crippen LogP contribution in [0, 0.1) is 5.82 Å². The number of nitrogens with zero attached hydrogens (tertiary/aromatic N) is 1. The molecule has 2 rings (SSSR count). The molecule has 8 heteroatoms. The van der Waals surface area contributed by atoms with Crippen molar-refractivity contribution >= 4 is 35.2 Å². The SMILES string of the molecule is CCCNC(=O)[C@H](C)N(Cc1ccc(OC)cc1)C(=O)CSCc1c(F)cccc1Cl. The summed E-state index contributed by atoms with van der Waals surface area (Å²) in [6.45, 7) is 4.51. The van der Waals surface area contributed by atoms with Crippen LogP contribution in [0.15, 0.2) is 42.5 Å². The number of nitrogens with one attached hydrogen (secondary N) is 1. The average Bonchev–Trinajstić information content (AvgIpc) is 2.77. The molecule has 0 aliphatic carbocycles. The fourth-order valence-electron chi connectivity index (χ4n) is 2.90. The van der Waals surface area contributed by atoms with Crippen LogP contribution in [0.3, 0.4) is 0 Å². The molecule has 5 nitrogen and oxygen atoms in total. The highest BCUT2D eigenvalue weighted by Crippen LogP contribution is 2.24. The van der Waals surface area contributed by atoms with E-state index in [1.54, 1.807) is 31.1 Å². The van der Waals surface area contributed by atoms with E-state index in [1.165, 1.54) is 17.8 Å². The largest absolute Gasteiger partial charge is 0.497 e. The van der Waals surface area contributed by atoms with Gasteiger partial charge in [0, 0.05) is 29.4 Å². The summed E-state index contributed by atoms with van der Waals surface area (Å²) in [5, 5.41) is 3.18. The van der Waals surface area contributed by atoms with Gasteiger partial charge < -0.3 is 15.0 Å². The van der Waals surface area contributed by atoms with Crippen molar-refractivity contribution in [2.45, 2.75) is 38.6 Å². The van der Waals surface area contributed by atoms with Crippen molar-refractivity contribution in [1.82, 2.24) is 10.2 Å². The predicted molar refractivity (Wildman–Crippen MR) is 124 cm³/mol. The Morgan fingerprint density at radius 1 is 1.23 bits per heavy atom. The molecule has 31 heavy (non-hydrogen) atoms. The van der Waals surface area contributed by atoms with E-state index in [0.717, 1.165) is 12.0 Å². The van der Waals surface area contributed by atoms with Gasteiger partial charge in [-0.1, -0.05) is 36.7 Å². The summed E-state index contributed by atoms with van der Waals surface area (Å²) in [5.41, 5.74) is 1.25. The molecule has 0 bridgehead atoms. The van der Waals surface area contributed by atoms with Crippen LogP contribution in [0.4, 0.5) is 4.39 Å². The van der Waals surface area contributed by atoms with Crippen molar-refractivity contribution in [3.8, 4) is 5.75 Å². The molecule has 0 saturated heterocycles. The number of carbonyl (C=O) groups excluding carboxylic acids is 2. The molecule has 0 unspecified atom stereocenters. The Balaban J connectivity index is 2.09. The van der Waals surface area contributed by atoms with Crippen LogP contribution in [0.1, 0.15) is 31.4 Å². The first-order valence-electron chi connectivity index (χ1n) is 10.1. The van der Waals surface area contributed by atoms with Crippen LogP contribution in [-0.2, 0) is 21.9 Å². The third-order valence-corrected chi connectivity index (χ3v) is 6.06. The fraction of sp³-hybridized carbons (Fsp3) is 0.391. The summed E-state index contributed by atoms with van der Waals surface area (Å²) in [4.78, 5) is 27.1. The normalized spacial score (nSPS) is 11.6. The summed E-state index contributed by atoms with van der Waals surface area (Å²) in [7, 11) is 1.59. The Kier molecular flexibility index (Phi) is 10.1. The zero-order valence-electron chi connectivity index (χ0n) is 18.0. The van der Waals surface area contributed by atoms with E-state index < -0.39 is 11.9 Å². The highest BCUT2D eigenvalue weighted by molar-refractivity contribution is 7.99. The molecule has 2 aromatic carbocycles. The molecule has 168 valence electrons. The van der Waals surface area contributed by atoms with E-state index in [2.05, 4.69) is 5.32 Å². The van der Waals surface area contributed by atoms with Crippen molar-refractivity contribution in [1.29, 1.82) is 0 Å². The lowest BCUT2D eigenvalue weighted by atomic mass is 10.1. The molecule has 0 spiro atoms. The van der Waals surface area contributed by atoms with Crippen LogP contribution >= 0.6 is 23.4 Å². The molecular weight excluding hydrogens is 439 g/mol. The lowest BCUT2D eigenvalue weighted by Gasteiger charge is -2.29. The van der Waals surface area contributed by atoms with Gasteiger partial charge in [-0.2, -0.15) is 0 Å². The Hall–Kier alpha value is -2.25. The first-order chi connectivity index (χ1) is 14.9. The van der Waals surface area contributed by atoms with Gasteiger partial charge in [-0.25, -0.2) is 4.39 Å². The number of methoxy groups -OCH3 is 1. The van der Waals surface area contributed by atoms with E-state index in [9.17, 15) is 14.0 Å². The molecule has 0 aromatic heterocycles. The van der Waals surface area contributed by atoms with E-state index in [4.69, 9.17) is 16.3 Å². The number of ether oxygens (including phenoxy) is 1. The monoisotopic (exact) mass is 466 g/mol. The zero-order valence-corrected chi connectivity index (χ0v) is 19.6. The smallest absolute Gasteiger partial charge is 0.242 e. The maximum absolute atomic E-state index is 14.0. The van der Waals surface area contributed by atoms with Crippen molar-refractivity contribution in [2.75, 3.05) is 19.4 Å². The summed E-state index contributed by atoms with van der Waals surface area (Å²) in [5.74, 6) is 0.289. The molecule has 1 N–H and O–H groups in total.